The fourth-order valence-corrected chi connectivity index (χ4v) is 2.92. The van der Waals surface area contributed by atoms with Gasteiger partial charge in [-0.2, -0.15) is 11.8 Å². The molecule has 1 aliphatic heterocycles. The van der Waals surface area contributed by atoms with Crippen molar-refractivity contribution in [2.45, 2.75) is 6.42 Å². The monoisotopic (exact) mass is 271 g/mol. The Bertz CT molecular complexity index is 413. The van der Waals surface area contributed by atoms with Crippen LogP contribution < -0.4 is 0 Å². The Labute approximate surface area is 109 Å². The van der Waals surface area contributed by atoms with Gasteiger partial charge in [-0.3, -0.25) is 4.79 Å². The van der Waals surface area contributed by atoms with E-state index in [0.29, 0.717) is 13.0 Å². The van der Waals surface area contributed by atoms with Crippen LogP contribution in [0, 0.1) is 11.6 Å². The summed E-state index contributed by atoms with van der Waals surface area (Å²) in [5, 5.41) is 0. The molecule has 98 valence electrons. The molecular weight excluding hydrogens is 256 g/mol. The van der Waals surface area contributed by atoms with Gasteiger partial charge in [-0.1, -0.05) is 0 Å². The van der Waals surface area contributed by atoms with Crippen LogP contribution in [-0.4, -0.2) is 41.8 Å². The predicted molar refractivity (Wildman–Crippen MR) is 69.1 cm³/mol. The van der Waals surface area contributed by atoms with Crippen LogP contribution in [0.1, 0.15) is 16.8 Å². The Balaban J connectivity index is 1.90. The molecule has 2 nitrogen and oxygen atoms in total. The van der Waals surface area contributed by atoms with Gasteiger partial charge in [0.2, 0.25) is 0 Å². The number of ketones is 1. The second kappa shape index (κ2) is 6.29. The lowest BCUT2D eigenvalue weighted by molar-refractivity contribution is 0.0965. The van der Waals surface area contributed by atoms with Gasteiger partial charge in [0.1, 0.15) is 11.6 Å². The smallest absolute Gasteiger partial charge is 0.164 e. The van der Waals surface area contributed by atoms with Crippen LogP contribution in [0.5, 0.6) is 0 Å². The molecule has 5 heteroatoms. The molecule has 0 aliphatic carbocycles. The average molecular weight is 271 g/mol. The van der Waals surface area contributed by atoms with Crippen molar-refractivity contribution in [1.82, 2.24) is 4.90 Å². The van der Waals surface area contributed by atoms with Gasteiger partial charge >= 0.3 is 0 Å². The third-order valence-corrected chi connectivity index (χ3v) is 3.89. The summed E-state index contributed by atoms with van der Waals surface area (Å²) in [5.41, 5.74) is 0.124. The molecule has 1 aromatic rings. The maximum atomic E-state index is 13.0. The van der Waals surface area contributed by atoms with E-state index in [2.05, 4.69) is 4.90 Å². The van der Waals surface area contributed by atoms with E-state index >= 15 is 0 Å². The quantitative estimate of drug-likeness (QED) is 0.785. The van der Waals surface area contributed by atoms with Gasteiger partial charge in [-0.05, 0) is 12.1 Å². The summed E-state index contributed by atoms with van der Waals surface area (Å²) in [5.74, 6) is 0.568. The fraction of sp³-hybridized carbons (Fsp3) is 0.462. The molecule has 0 saturated carbocycles. The summed E-state index contributed by atoms with van der Waals surface area (Å²) in [4.78, 5) is 14.0. The largest absolute Gasteiger partial charge is 0.301 e. The van der Waals surface area contributed by atoms with E-state index in [1.807, 2.05) is 11.8 Å². The maximum absolute atomic E-state index is 13.0. The standard InChI is InChI=1S/C13H15F2NOS/c14-11-7-10(8-12(15)9-11)13(17)1-2-16-3-5-18-6-4-16/h7-9H,1-6H2. The van der Waals surface area contributed by atoms with E-state index in [1.165, 1.54) is 0 Å². The van der Waals surface area contributed by atoms with Gasteiger partial charge in [0, 0.05) is 49.2 Å². The van der Waals surface area contributed by atoms with Crippen LogP contribution >= 0.6 is 11.8 Å². The molecule has 1 aliphatic rings. The van der Waals surface area contributed by atoms with E-state index < -0.39 is 11.6 Å². The normalized spacial score (nSPS) is 16.8. The second-order valence-corrected chi connectivity index (χ2v) is 5.51. The number of thioether (sulfide) groups is 1. The number of hydrogen-bond donors (Lipinski definition) is 0. The Morgan fingerprint density at radius 3 is 2.39 bits per heavy atom. The first-order valence-corrected chi connectivity index (χ1v) is 7.10. The van der Waals surface area contributed by atoms with Gasteiger partial charge in [0.15, 0.2) is 5.78 Å². The number of Topliss-reactive ketones (excluding diaryl/α,β-unsaturated/α-hetero) is 1. The number of rotatable bonds is 4. The second-order valence-electron chi connectivity index (χ2n) is 4.29. The molecule has 0 unspecified atom stereocenters. The maximum Gasteiger partial charge on any atom is 0.164 e. The topological polar surface area (TPSA) is 20.3 Å². The predicted octanol–water partition coefficient (Wildman–Crippen LogP) is 2.59. The van der Waals surface area contributed by atoms with Crippen molar-refractivity contribution in [1.29, 1.82) is 0 Å². The third kappa shape index (κ3) is 3.78. The zero-order chi connectivity index (χ0) is 13.0. The van der Waals surface area contributed by atoms with Crippen molar-refractivity contribution in [2.75, 3.05) is 31.1 Å². The summed E-state index contributed by atoms with van der Waals surface area (Å²) in [7, 11) is 0. The van der Waals surface area contributed by atoms with E-state index in [9.17, 15) is 13.6 Å². The van der Waals surface area contributed by atoms with Crippen molar-refractivity contribution < 1.29 is 13.6 Å². The SMILES string of the molecule is O=C(CCN1CCSCC1)c1cc(F)cc(F)c1. The molecule has 0 radical (unpaired) electrons. The van der Waals surface area contributed by atoms with Crippen LogP contribution in [0.3, 0.4) is 0 Å². The van der Waals surface area contributed by atoms with Gasteiger partial charge in [0.25, 0.3) is 0 Å². The molecule has 1 fully saturated rings. The summed E-state index contributed by atoms with van der Waals surface area (Å²) in [6.45, 7) is 2.63. The number of carbonyl (C=O) groups is 1. The van der Waals surface area contributed by atoms with E-state index in [0.717, 1.165) is 42.8 Å². The van der Waals surface area contributed by atoms with Crippen LogP contribution in [0.15, 0.2) is 18.2 Å². The first-order chi connectivity index (χ1) is 8.65. The van der Waals surface area contributed by atoms with Crippen molar-refractivity contribution in [3.63, 3.8) is 0 Å². The number of nitrogens with zero attached hydrogens (tertiary/aromatic N) is 1. The third-order valence-electron chi connectivity index (χ3n) is 2.94. The molecule has 18 heavy (non-hydrogen) atoms. The molecule has 1 aromatic carbocycles. The zero-order valence-corrected chi connectivity index (χ0v) is 10.8. The van der Waals surface area contributed by atoms with Crippen molar-refractivity contribution in [2.24, 2.45) is 0 Å². The molecule has 0 spiro atoms. The Morgan fingerprint density at radius 1 is 1.17 bits per heavy atom. The summed E-state index contributed by atoms with van der Waals surface area (Å²) >= 11 is 1.91. The fourth-order valence-electron chi connectivity index (χ4n) is 1.94. The van der Waals surface area contributed by atoms with Crippen LogP contribution in [0.25, 0.3) is 0 Å². The number of halogens is 2. The molecule has 0 amide bonds. The molecule has 1 heterocycles. The highest BCUT2D eigenvalue weighted by atomic mass is 32.2. The Kier molecular flexibility index (Phi) is 4.72. The summed E-state index contributed by atoms with van der Waals surface area (Å²) in [6.07, 6.45) is 0.313. The average Bonchev–Trinajstić information content (AvgIpc) is 2.36. The molecule has 0 aromatic heterocycles. The minimum Gasteiger partial charge on any atom is -0.301 e. The van der Waals surface area contributed by atoms with Gasteiger partial charge in [0.05, 0.1) is 0 Å². The molecule has 2 rings (SSSR count). The van der Waals surface area contributed by atoms with Crippen molar-refractivity contribution >= 4 is 17.5 Å². The minimum atomic E-state index is -0.701. The Hall–Kier alpha value is -0.940. The van der Waals surface area contributed by atoms with Crippen LogP contribution in [-0.2, 0) is 0 Å². The number of hydrogen-bond acceptors (Lipinski definition) is 3. The van der Waals surface area contributed by atoms with Crippen molar-refractivity contribution in [3.05, 3.63) is 35.4 Å². The Morgan fingerprint density at radius 2 is 1.78 bits per heavy atom. The van der Waals surface area contributed by atoms with Gasteiger partial charge in [-0.25, -0.2) is 8.78 Å². The molecule has 0 atom stereocenters. The van der Waals surface area contributed by atoms with Crippen LogP contribution in [0.4, 0.5) is 8.78 Å². The van der Waals surface area contributed by atoms with Gasteiger partial charge in [-0.15, -0.1) is 0 Å². The van der Waals surface area contributed by atoms with E-state index in [1.54, 1.807) is 0 Å². The number of benzene rings is 1. The lowest BCUT2D eigenvalue weighted by Gasteiger charge is -2.25. The van der Waals surface area contributed by atoms with E-state index in [4.69, 9.17) is 0 Å². The minimum absolute atomic E-state index is 0.124. The lowest BCUT2D eigenvalue weighted by Crippen LogP contribution is -2.34. The zero-order valence-electron chi connectivity index (χ0n) is 9.99. The molecule has 0 N–H and O–H groups in total. The highest BCUT2D eigenvalue weighted by Crippen LogP contribution is 2.13. The van der Waals surface area contributed by atoms with E-state index in [-0.39, 0.29) is 11.3 Å². The molecule has 1 saturated heterocycles. The highest BCUT2D eigenvalue weighted by Gasteiger charge is 2.14. The highest BCUT2D eigenvalue weighted by molar-refractivity contribution is 7.99. The van der Waals surface area contributed by atoms with Crippen LogP contribution in [0.2, 0.25) is 0 Å². The lowest BCUT2D eigenvalue weighted by atomic mass is 10.1. The van der Waals surface area contributed by atoms with Crippen molar-refractivity contribution in [3.8, 4) is 0 Å². The summed E-state index contributed by atoms with van der Waals surface area (Å²) in [6, 6.07) is 2.97. The molecular formula is C13H15F2NOS. The number of carbonyl (C=O) groups excluding carboxylic acids is 1. The summed E-state index contributed by atoms with van der Waals surface area (Å²) < 4.78 is 26.0. The first-order valence-electron chi connectivity index (χ1n) is 5.94. The first kappa shape index (κ1) is 13.5. The van der Waals surface area contributed by atoms with Gasteiger partial charge < -0.3 is 4.90 Å². The molecule has 0 bridgehead atoms.